The van der Waals surface area contributed by atoms with Crippen LogP contribution < -0.4 is 14.4 Å². The largest absolute Gasteiger partial charge is 0.507 e. The van der Waals surface area contributed by atoms with E-state index in [1.807, 2.05) is 0 Å². The van der Waals surface area contributed by atoms with Gasteiger partial charge in [0, 0.05) is 17.3 Å². The van der Waals surface area contributed by atoms with E-state index in [0.29, 0.717) is 28.4 Å². The zero-order valence-electron chi connectivity index (χ0n) is 17.0. The lowest BCUT2D eigenvalue weighted by Gasteiger charge is -2.25. The molecule has 1 aromatic heterocycles. The summed E-state index contributed by atoms with van der Waals surface area (Å²) in [5, 5.41) is 11.2. The lowest BCUT2D eigenvalue weighted by atomic mass is 9.94. The molecule has 0 radical (unpaired) electrons. The molecule has 3 aromatic rings. The summed E-state index contributed by atoms with van der Waals surface area (Å²) in [6, 6.07) is 17.9. The van der Waals surface area contributed by atoms with Gasteiger partial charge in [-0.25, -0.2) is 4.98 Å². The molecule has 0 aliphatic carbocycles. The van der Waals surface area contributed by atoms with Crippen LogP contribution in [0.4, 0.5) is 5.82 Å². The number of Topliss-reactive ketones (excluding diaryl/α,β-unsaturated/α-hetero) is 1. The van der Waals surface area contributed by atoms with Gasteiger partial charge in [-0.2, -0.15) is 0 Å². The Labute approximate surface area is 179 Å². The number of methoxy groups -OCH3 is 2. The quantitative estimate of drug-likeness (QED) is 0.387. The smallest absolute Gasteiger partial charge is 0.301 e. The molecule has 1 N–H and O–H groups in total. The van der Waals surface area contributed by atoms with Crippen LogP contribution in [0.2, 0.25) is 0 Å². The predicted molar refractivity (Wildman–Crippen MR) is 115 cm³/mol. The second kappa shape index (κ2) is 8.31. The number of aliphatic hydroxyl groups excluding tert-OH is 1. The predicted octanol–water partition coefficient (Wildman–Crippen LogP) is 3.73. The van der Waals surface area contributed by atoms with Gasteiger partial charge in [-0.05, 0) is 30.3 Å². The Morgan fingerprint density at radius 2 is 1.74 bits per heavy atom. The first-order chi connectivity index (χ1) is 15.1. The van der Waals surface area contributed by atoms with E-state index in [4.69, 9.17) is 9.47 Å². The van der Waals surface area contributed by atoms with Crippen molar-refractivity contribution in [3.8, 4) is 11.5 Å². The number of para-hydroxylation sites is 1. The second-order valence-corrected chi connectivity index (χ2v) is 6.83. The summed E-state index contributed by atoms with van der Waals surface area (Å²) >= 11 is 0. The molecule has 7 heteroatoms. The summed E-state index contributed by atoms with van der Waals surface area (Å²) in [7, 11) is 3.02. The highest BCUT2D eigenvalue weighted by atomic mass is 16.5. The Hall–Kier alpha value is -4.13. The van der Waals surface area contributed by atoms with Crippen molar-refractivity contribution in [2.24, 2.45) is 0 Å². The highest BCUT2D eigenvalue weighted by Gasteiger charge is 2.48. The minimum Gasteiger partial charge on any atom is -0.507 e. The standard InChI is InChI=1S/C24H20N2O5/c1-30-16-9-7-8-15(14-16)22(27)20-21(17-10-3-4-11-18(17)31-2)26(24(29)23(20)28)19-12-5-6-13-25-19/h3-14,21,27H,1-2H3/b22-20+/t21-/m1/s1. The summed E-state index contributed by atoms with van der Waals surface area (Å²) < 4.78 is 10.7. The van der Waals surface area contributed by atoms with Gasteiger partial charge in [0.05, 0.1) is 19.8 Å². The Kier molecular flexibility index (Phi) is 5.41. The fourth-order valence-corrected chi connectivity index (χ4v) is 3.68. The van der Waals surface area contributed by atoms with E-state index in [2.05, 4.69) is 4.98 Å². The van der Waals surface area contributed by atoms with Crippen LogP contribution in [0, 0.1) is 0 Å². The molecule has 0 bridgehead atoms. The number of hydrogen-bond donors (Lipinski definition) is 1. The van der Waals surface area contributed by atoms with Crippen molar-refractivity contribution in [1.82, 2.24) is 4.98 Å². The highest BCUT2D eigenvalue weighted by molar-refractivity contribution is 6.51. The third-order valence-electron chi connectivity index (χ3n) is 5.12. The molecule has 1 aliphatic heterocycles. The molecular formula is C24H20N2O5. The minimum absolute atomic E-state index is 0.0478. The van der Waals surface area contributed by atoms with Crippen molar-refractivity contribution >= 4 is 23.3 Å². The number of carbonyl (C=O) groups is 2. The number of amides is 1. The van der Waals surface area contributed by atoms with Gasteiger partial charge >= 0.3 is 5.91 Å². The van der Waals surface area contributed by atoms with E-state index in [0.717, 1.165) is 0 Å². The van der Waals surface area contributed by atoms with Gasteiger partial charge in [-0.3, -0.25) is 14.5 Å². The summed E-state index contributed by atoms with van der Waals surface area (Å²) in [6.07, 6.45) is 1.54. The number of anilines is 1. The molecular weight excluding hydrogens is 396 g/mol. The Morgan fingerprint density at radius 3 is 2.45 bits per heavy atom. The molecule has 156 valence electrons. The molecule has 1 aliphatic rings. The molecule has 1 atom stereocenters. The number of ether oxygens (including phenoxy) is 2. The maximum atomic E-state index is 13.1. The fraction of sp³-hybridized carbons (Fsp3) is 0.125. The number of aromatic nitrogens is 1. The molecule has 0 saturated carbocycles. The number of ketones is 1. The van der Waals surface area contributed by atoms with Gasteiger partial charge in [-0.1, -0.05) is 36.4 Å². The van der Waals surface area contributed by atoms with E-state index < -0.39 is 17.7 Å². The van der Waals surface area contributed by atoms with E-state index in [9.17, 15) is 14.7 Å². The average Bonchev–Trinajstić information content (AvgIpc) is 3.09. The van der Waals surface area contributed by atoms with Gasteiger partial charge in [0.25, 0.3) is 5.78 Å². The average molecular weight is 416 g/mol. The topological polar surface area (TPSA) is 89.0 Å². The molecule has 31 heavy (non-hydrogen) atoms. The van der Waals surface area contributed by atoms with Crippen LogP contribution in [-0.4, -0.2) is 36.0 Å². The van der Waals surface area contributed by atoms with Crippen LogP contribution in [0.15, 0.2) is 78.5 Å². The van der Waals surface area contributed by atoms with Crippen molar-refractivity contribution in [3.63, 3.8) is 0 Å². The normalized spacial score (nSPS) is 17.6. The van der Waals surface area contributed by atoms with E-state index >= 15 is 0 Å². The number of benzene rings is 2. The third kappa shape index (κ3) is 3.50. The van der Waals surface area contributed by atoms with E-state index in [-0.39, 0.29) is 11.3 Å². The van der Waals surface area contributed by atoms with Crippen molar-refractivity contribution < 1.29 is 24.2 Å². The zero-order chi connectivity index (χ0) is 22.0. The number of rotatable bonds is 5. The molecule has 1 amide bonds. The number of hydrogen-bond acceptors (Lipinski definition) is 6. The number of carbonyl (C=O) groups excluding carboxylic acids is 2. The van der Waals surface area contributed by atoms with Crippen molar-refractivity contribution in [3.05, 3.63) is 89.6 Å². The van der Waals surface area contributed by atoms with Crippen molar-refractivity contribution in [2.75, 3.05) is 19.1 Å². The Morgan fingerprint density at radius 1 is 0.968 bits per heavy atom. The lowest BCUT2D eigenvalue weighted by molar-refractivity contribution is -0.132. The first-order valence-electron chi connectivity index (χ1n) is 9.56. The Balaban J connectivity index is 1.98. The van der Waals surface area contributed by atoms with Crippen LogP contribution in [0.3, 0.4) is 0 Å². The minimum atomic E-state index is -0.919. The van der Waals surface area contributed by atoms with E-state index in [1.54, 1.807) is 66.7 Å². The van der Waals surface area contributed by atoms with Gasteiger partial charge in [-0.15, -0.1) is 0 Å². The van der Waals surface area contributed by atoms with Crippen LogP contribution in [0.1, 0.15) is 17.2 Å². The molecule has 1 saturated heterocycles. The summed E-state index contributed by atoms with van der Waals surface area (Å²) in [6.45, 7) is 0. The molecule has 4 rings (SSSR count). The zero-order valence-corrected chi connectivity index (χ0v) is 17.0. The first kappa shape index (κ1) is 20.2. The summed E-state index contributed by atoms with van der Waals surface area (Å²) in [5.74, 6) is -0.596. The van der Waals surface area contributed by atoms with Crippen molar-refractivity contribution in [2.45, 2.75) is 6.04 Å². The number of nitrogens with zero attached hydrogens (tertiary/aromatic N) is 2. The summed E-state index contributed by atoms with van der Waals surface area (Å²) in [4.78, 5) is 31.8. The Bertz CT molecular complexity index is 1170. The fourth-order valence-electron chi connectivity index (χ4n) is 3.68. The van der Waals surface area contributed by atoms with Gasteiger partial charge in [0.15, 0.2) is 0 Å². The maximum Gasteiger partial charge on any atom is 0.301 e. The molecule has 1 fully saturated rings. The second-order valence-electron chi connectivity index (χ2n) is 6.83. The van der Waals surface area contributed by atoms with E-state index in [1.165, 1.54) is 25.3 Å². The summed E-state index contributed by atoms with van der Waals surface area (Å²) in [5.41, 5.74) is 0.867. The molecule has 0 spiro atoms. The first-order valence-corrected chi connectivity index (χ1v) is 9.56. The van der Waals surface area contributed by atoms with Crippen LogP contribution in [0.5, 0.6) is 11.5 Å². The SMILES string of the molecule is COc1cccc(/C(O)=C2\C(=O)C(=O)N(c3ccccn3)[C@@H]2c2ccccc2OC)c1. The van der Waals surface area contributed by atoms with Gasteiger partial charge in [0.2, 0.25) is 0 Å². The number of aliphatic hydroxyl groups is 1. The third-order valence-corrected chi connectivity index (χ3v) is 5.12. The lowest BCUT2D eigenvalue weighted by Crippen LogP contribution is -2.30. The molecule has 2 aromatic carbocycles. The van der Waals surface area contributed by atoms with Crippen LogP contribution >= 0.6 is 0 Å². The molecule has 7 nitrogen and oxygen atoms in total. The molecule has 0 unspecified atom stereocenters. The number of pyridine rings is 1. The van der Waals surface area contributed by atoms with Crippen molar-refractivity contribution in [1.29, 1.82) is 0 Å². The molecule has 2 heterocycles. The maximum absolute atomic E-state index is 13.1. The monoisotopic (exact) mass is 416 g/mol. The van der Waals surface area contributed by atoms with Gasteiger partial charge < -0.3 is 14.6 Å². The van der Waals surface area contributed by atoms with Gasteiger partial charge in [0.1, 0.15) is 29.1 Å². The van der Waals surface area contributed by atoms with Crippen LogP contribution in [-0.2, 0) is 9.59 Å². The highest BCUT2D eigenvalue weighted by Crippen LogP contribution is 2.44. The van der Waals surface area contributed by atoms with Crippen LogP contribution in [0.25, 0.3) is 5.76 Å².